The molecule has 0 bridgehead atoms. The molecule has 1 unspecified atom stereocenters. The monoisotopic (exact) mass is 253 g/mol. The zero-order valence-corrected chi connectivity index (χ0v) is 11.0. The Kier molecular flexibility index (Phi) is 7.37. The molecule has 1 atom stereocenters. The van der Waals surface area contributed by atoms with E-state index >= 15 is 0 Å². The molecule has 18 heavy (non-hydrogen) atoms. The van der Waals surface area contributed by atoms with Crippen LogP contribution in [0, 0.1) is 5.92 Å². The Morgan fingerprint density at radius 3 is 2.72 bits per heavy atom. The zero-order valence-electron chi connectivity index (χ0n) is 11.0. The Labute approximate surface area is 109 Å². The first-order valence-electron chi connectivity index (χ1n) is 6.58. The molecule has 0 heterocycles. The van der Waals surface area contributed by atoms with Crippen LogP contribution < -0.4 is 5.48 Å². The van der Waals surface area contributed by atoms with Crippen LogP contribution in [0.1, 0.15) is 38.5 Å². The summed E-state index contributed by atoms with van der Waals surface area (Å²) < 4.78 is 5.54. The van der Waals surface area contributed by atoms with E-state index in [9.17, 15) is 4.79 Å². The van der Waals surface area contributed by atoms with Crippen LogP contribution in [-0.2, 0) is 9.53 Å². The van der Waals surface area contributed by atoms with Crippen molar-refractivity contribution in [2.75, 3.05) is 7.11 Å². The maximum Gasteiger partial charge on any atom is 0.267 e. The van der Waals surface area contributed by atoms with Gasteiger partial charge in [-0.15, -0.1) is 0 Å². The Hall–Kier alpha value is -1.13. The van der Waals surface area contributed by atoms with E-state index in [0.717, 1.165) is 6.42 Å². The van der Waals surface area contributed by atoms with Crippen molar-refractivity contribution >= 4 is 5.91 Å². The third kappa shape index (κ3) is 5.47. The number of carbonyl (C=O) groups is 1. The summed E-state index contributed by atoms with van der Waals surface area (Å²) in [6, 6.07) is 0. The molecule has 1 saturated carbocycles. The van der Waals surface area contributed by atoms with Crippen molar-refractivity contribution in [1.82, 2.24) is 5.48 Å². The predicted octanol–water partition coefficient (Wildman–Crippen LogP) is 2.59. The standard InChI is InChI=1S/C14H23NO3/c1-18-13(12-8-4-2-5-9-12)10-6-3-7-11-14(16)15-17/h3,6-7,11-13,17H,2,4-5,8-10H2,1H3,(H,15,16)/b6-3+,11-7+. The second kappa shape index (κ2) is 8.89. The Morgan fingerprint density at radius 2 is 2.11 bits per heavy atom. The number of ether oxygens (including phenoxy) is 1. The molecule has 0 saturated heterocycles. The van der Waals surface area contributed by atoms with Crippen molar-refractivity contribution < 1.29 is 14.7 Å². The van der Waals surface area contributed by atoms with Gasteiger partial charge in [0.1, 0.15) is 0 Å². The molecule has 0 aromatic carbocycles. The van der Waals surface area contributed by atoms with E-state index < -0.39 is 5.91 Å². The SMILES string of the molecule is COC(C/C=C/C=C/C(=O)NO)C1CCCCC1. The Morgan fingerprint density at radius 1 is 1.39 bits per heavy atom. The molecule has 0 aromatic heterocycles. The summed E-state index contributed by atoms with van der Waals surface area (Å²) in [7, 11) is 1.77. The van der Waals surface area contributed by atoms with Crippen LogP contribution in [0.4, 0.5) is 0 Å². The maximum atomic E-state index is 10.7. The molecule has 102 valence electrons. The topological polar surface area (TPSA) is 58.6 Å². The fraction of sp³-hybridized carbons (Fsp3) is 0.643. The van der Waals surface area contributed by atoms with E-state index in [-0.39, 0.29) is 6.10 Å². The minimum Gasteiger partial charge on any atom is -0.381 e. The van der Waals surface area contributed by atoms with E-state index in [0.29, 0.717) is 5.92 Å². The maximum absolute atomic E-state index is 10.7. The van der Waals surface area contributed by atoms with Crippen LogP contribution in [0.5, 0.6) is 0 Å². The lowest BCUT2D eigenvalue weighted by Gasteiger charge is -2.28. The van der Waals surface area contributed by atoms with Gasteiger partial charge in [-0.1, -0.05) is 37.5 Å². The highest BCUT2D eigenvalue weighted by Crippen LogP contribution is 2.29. The number of nitrogens with one attached hydrogen (secondary N) is 1. The van der Waals surface area contributed by atoms with Gasteiger partial charge in [-0.3, -0.25) is 10.0 Å². The van der Waals surface area contributed by atoms with E-state index in [1.165, 1.54) is 38.2 Å². The van der Waals surface area contributed by atoms with Gasteiger partial charge in [0.25, 0.3) is 5.91 Å². The third-order valence-electron chi connectivity index (χ3n) is 3.45. The van der Waals surface area contributed by atoms with Crippen LogP contribution in [0.15, 0.2) is 24.3 Å². The third-order valence-corrected chi connectivity index (χ3v) is 3.45. The van der Waals surface area contributed by atoms with Crippen LogP contribution in [0.25, 0.3) is 0 Å². The first-order valence-corrected chi connectivity index (χ1v) is 6.58. The number of carbonyl (C=O) groups excluding carboxylic acids is 1. The molecule has 4 nitrogen and oxygen atoms in total. The fourth-order valence-corrected chi connectivity index (χ4v) is 2.46. The summed E-state index contributed by atoms with van der Waals surface area (Å²) in [5, 5.41) is 8.29. The number of rotatable bonds is 6. The van der Waals surface area contributed by atoms with Crippen molar-refractivity contribution in [3.8, 4) is 0 Å². The lowest BCUT2D eigenvalue weighted by Crippen LogP contribution is -2.24. The van der Waals surface area contributed by atoms with Crippen molar-refractivity contribution in [2.24, 2.45) is 5.92 Å². The smallest absolute Gasteiger partial charge is 0.267 e. The van der Waals surface area contributed by atoms with Gasteiger partial charge in [0.05, 0.1) is 6.10 Å². The summed E-state index contributed by atoms with van der Waals surface area (Å²) in [6.07, 6.45) is 14.3. The van der Waals surface area contributed by atoms with Crippen LogP contribution in [0.2, 0.25) is 0 Å². The lowest BCUT2D eigenvalue weighted by atomic mass is 9.84. The molecular formula is C14H23NO3. The van der Waals surface area contributed by atoms with Crippen LogP contribution in [-0.4, -0.2) is 24.3 Å². The minimum atomic E-state index is -0.518. The van der Waals surface area contributed by atoms with Gasteiger partial charge in [0, 0.05) is 13.2 Å². The van der Waals surface area contributed by atoms with Crippen molar-refractivity contribution in [1.29, 1.82) is 0 Å². The molecule has 0 aromatic rings. The highest BCUT2D eigenvalue weighted by atomic mass is 16.5. The summed E-state index contributed by atoms with van der Waals surface area (Å²) >= 11 is 0. The van der Waals surface area contributed by atoms with Crippen LogP contribution in [0.3, 0.4) is 0 Å². The Balaban J connectivity index is 2.32. The van der Waals surface area contributed by atoms with E-state index in [1.54, 1.807) is 18.7 Å². The largest absolute Gasteiger partial charge is 0.381 e. The van der Waals surface area contributed by atoms with Gasteiger partial charge < -0.3 is 4.74 Å². The lowest BCUT2D eigenvalue weighted by molar-refractivity contribution is -0.124. The second-order valence-electron chi connectivity index (χ2n) is 4.67. The first-order chi connectivity index (χ1) is 8.77. The molecule has 1 aliphatic rings. The predicted molar refractivity (Wildman–Crippen MR) is 70.2 cm³/mol. The van der Waals surface area contributed by atoms with E-state index in [4.69, 9.17) is 9.94 Å². The highest BCUT2D eigenvalue weighted by molar-refractivity contribution is 5.86. The molecule has 0 radical (unpaired) electrons. The summed E-state index contributed by atoms with van der Waals surface area (Å²) in [5.41, 5.74) is 1.54. The van der Waals surface area contributed by atoms with Gasteiger partial charge in [-0.2, -0.15) is 0 Å². The normalized spacial score (nSPS) is 19.4. The molecule has 1 aliphatic carbocycles. The average molecular weight is 253 g/mol. The molecule has 4 heteroatoms. The highest BCUT2D eigenvalue weighted by Gasteiger charge is 2.21. The Bertz CT molecular complexity index is 293. The van der Waals surface area contributed by atoms with E-state index in [2.05, 4.69) is 0 Å². The van der Waals surface area contributed by atoms with E-state index in [1.807, 2.05) is 12.2 Å². The number of hydrogen-bond acceptors (Lipinski definition) is 3. The molecule has 2 N–H and O–H groups in total. The second-order valence-corrected chi connectivity index (χ2v) is 4.67. The van der Waals surface area contributed by atoms with Gasteiger partial charge in [0.2, 0.25) is 0 Å². The molecule has 0 aliphatic heterocycles. The van der Waals surface area contributed by atoms with Gasteiger partial charge in [-0.25, -0.2) is 5.48 Å². The minimum absolute atomic E-state index is 0.279. The summed E-state index contributed by atoms with van der Waals surface area (Å²) in [5.74, 6) is 0.147. The first kappa shape index (κ1) is 14.9. The molecular weight excluding hydrogens is 230 g/mol. The van der Waals surface area contributed by atoms with Crippen LogP contribution >= 0.6 is 0 Å². The summed E-state index contributed by atoms with van der Waals surface area (Å²) in [4.78, 5) is 10.7. The average Bonchev–Trinajstić information content (AvgIpc) is 2.43. The number of hydroxylamine groups is 1. The fourth-order valence-electron chi connectivity index (χ4n) is 2.46. The van der Waals surface area contributed by atoms with Crippen molar-refractivity contribution in [3.63, 3.8) is 0 Å². The number of amides is 1. The van der Waals surface area contributed by atoms with Gasteiger partial charge >= 0.3 is 0 Å². The molecule has 0 spiro atoms. The van der Waals surface area contributed by atoms with Gasteiger partial charge in [0.15, 0.2) is 0 Å². The molecule has 1 rings (SSSR count). The van der Waals surface area contributed by atoms with Gasteiger partial charge in [-0.05, 0) is 25.2 Å². The number of methoxy groups -OCH3 is 1. The molecule has 1 fully saturated rings. The quantitative estimate of drug-likeness (QED) is 0.331. The molecule has 1 amide bonds. The number of hydrogen-bond donors (Lipinski definition) is 2. The zero-order chi connectivity index (χ0) is 13.2. The van der Waals surface area contributed by atoms with Crippen molar-refractivity contribution in [2.45, 2.75) is 44.6 Å². The number of allylic oxidation sites excluding steroid dienone is 2. The summed E-state index contributed by atoms with van der Waals surface area (Å²) in [6.45, 7) is 0. The van der Waals surface area contributed by atoms with Crippen molar-refractivity contribution in [3.05, 3.63) is 24.3 Å².